The van der Waals surface area contributed by atoms with Crippen LogP contribution in [0.1, 0.15) is 30.3 Å². The van der Waals surface area contributed by atoms with Gasteiger partial charge in [-0.25, -0.2) is 9.97 Å². The molecular weight excluding hydrogens is 390 g/mol. The normalized spacial score (nSPS) is 13.8. The molecule has 1 aliphatic rings. The van der Waals surface area contributed by atoms with Crippen LogP contribution >= 0.6 is 0 Å². The lowest BCUT2D eigenvalue weighted by Gasteiger charge is -2.26. The van der Waals surface area contributed by atoms with E-state index in [2.05, 4.69) is 54.2 Å². The third-order valence-electron chi connectivity index (χ3n) is 5.57. The second-order valence-electron chi connectivity index (χ2n) is 7.67. The molecule has 0 saturated heterocycles. The van der Waals surface area contributed by atoms with Gasteiger partial charge in [0.25, 0.3) is 0 Å². The molecule has 0 saturated carbocycles. The van der Waals surface area contributed by atoms with E-state index in [-0.39, 0.29) is 12.5 Å². The summed E-state index contributed by atoms with van der Waals surface area (Å²) in [5, 5.41) is 4.73. The van der Waals surface area contributed by atoms with E-state index in [0.29, 0.717) is 19.0 Å². The topological polar surface area (TPSA) is 73.1 Å². The molecule has 7 nitrogen and oxygen atoms in total. The Kier molecular flexibility index (Phi) is 6.11. The highest BCUT2D eigenvalue weighted by Gasteiger charge is 2.20. The van der Waals surface area contributed by atoms with Crippen LogP contribution in [0.2, 0.25) is 0 Å². The van der Waals surface area contributed by atoms with Crippen LogP contribution in [0.25, 0.3) is 16.8 Å². The largest absolute Gasteiger partial charge is 0.481 e. The molecule has 0 atom stereocenters. The SMILES string of the molecule is CCc1cc(-c2cccc(C)c2)nn1CC(=O)N1CC=C(c2cc(OC)ncn2)CC1. The molecule has 31 heavy (non-hydrogen) atoms. The Balaban J connectivity index is 1.46. The van der Waals surface area contributed by atoms with Gasteiger partial charge in [-0.3, -0.25) is 9.48 Å². The van der Waals surface area contributed by atoms with Gasteiger partial charge in [0, 0.05) is 30.4 Å². The maximum absolute atomic E-state index is 13.0. The molecule has 4 rings (SSSR count). The molecule has 0 fully saturated rings. The molecule has 2 aromatic heterocycles. The average molecular weight is 418 g/mol. The van der Waals surface area contributed by atoms with Crippen molar-refractivity contribution < 1.29 is 9.53 Å². The van der Waals surface area contributed by atoms with Crippen molar-refractivity contribution in [1.82, 2.24) is 24.6 Å². The Labute approximate surface area is 182 Å². The Morgan fingerprint density at radius 2 is 2.03 bits per heavy atom. The zero-order chi connectivity index (χ0) is 21.8. The van der Waals surface area contributed by atoms with E-state index in [0.717, 1.165) is 41.1 Å². The number of amides is 1. The minimum atomic E-state index is 0.0733. The van der Waals surface area contributed by atoms with Gasteiger partial charge < -0.3 is 9.64 Å². The van der Waals surface area contributed by atoms with Gasteiger partial charge in [0.05, 0.1) is 18.5 Å². The molecule has 1 aliphatic heterocycles. The molecule has 1 aromatic carbocycles. The van der Waals surface area contributed by atoms with Gasteiger partial charge in [0.1, 0.15) is 12.9 Å². The number of methoxy groups -OCH3 is 1. The zero-order valence-electron chi connectivity index (χ0n) is 18.2. The van der Waals surface area contributed by atoms with Crippen LogP contribution < -0.4 is 4.74 Å². The first-order valence-electron chi connectivity index (χ1n) is 10.5. The zero-order valence-corrected chi connectivity index (χ0v) is 18.2. The molecule has 160 valence electrons. The van der Waals surface area contributed by atoms with Crippen LogP contribution in [0.3, 0.4) is 0 Å². The summed E-state index contributed by atoms with van der Waals surface area (Å²) in [7, 11) is 1.59. The third kappa shape index (κ3) is 4.66. The van der Waals surface area contributed by atoms with Crippen molar-refractivity contribution in [1.29, 1.82) is 0 Å². The molecule has 0 radical (unpaired) electrons. The minimum absolute atomic E-state index is 0.0733. The molecule has 1 amide bonds. The fourth-order valence-electron chi connectivity index (χ4n) is 3.81. The van der Waals surface area contributed by atoms with E-state index >= 15 is 0 Å². The van der Waals surface area contributed by atoms with Crippen molar-refractivity contribution in [3.63, 3.8) is 0 Å². The number of hydrogen-bond acceptors (Lipinski definition) is 5. The summed E-state index contributed by atoms with van der Waals surface area (Å²) < 4.78 is 7.02. The Morgan fingerprint density at radius 1 is 1.16 bits per heavy atom. The summed E-state index contributed by atoms with van der Waals surface area (Å²) in [6, 6.07) is 12.2. The smallest absolute Gasteiger partial charge is 0.244 e. The molecule has 0 spiro atoms. The third-order valence-corrected chi connectivity index (χ3v) is 5.57. The first-order valence-corrected chi connectivity index (χ1v) is 10.5. The van der Waals surface area contributed by atoms with E-state index < -0.39 is 0 Å². The van der Waals surface area contributed by atoms with Crippen LogP contribution in [-0.2, 0) is 17.8 Å². The summed E-state index contributed by atoms with van der Waals surface area (Å²) in [5.41, 5.74) is 6.20. The van der Waals surface area contributed by atoms with Gasteiger partial charge in [0.15, 0.2) is 0 Å². The lowest BCUT2D eigenvalue weighted by Crippen LogP contribution is -2.37. The van der Waals surface area contributed by atoms with Gasteiger partial charge in [-0.1, -0.05) is 36.8 Å². The Morgan fingerprint density at radius 3 is 2.74 bits per heavy atom. The summed E-state index contributed by atoms with van der Waals surface area (Å²) in [6.07, 6.45) is 5.14. The van der Waals surface area contributed by atoms with E-state index in [1.165, 1.54) is 11.9 Å². The average Bonchev–Trinajstić information content (AvgIpc) is 3.22. The molecule has 3 aromatic rings. The van der Waals surface area contributed by atoms with Crippen LogP contribution in [0.15, 0.2) is 48.8 Å². The molecule has 3 heterocycles. The van der Waals surface area contributed by atoms with Gasteiger partial charge in [-0.05, 0) is 37.5 Å². The van der Waals surface area contributed by atoms with Crippen molar-refractivity contribution in [3.05, 3.63) is 65.8 Å². The van der Waals surface area contributed by atoms with E-state index in [1.54, 1.807) is 7.11 Å². The number of nitrogens with zero attached hydrogens (tertiary/aromatic N) is 5. The van der Waals surface area contributed by atoms with Crippen molar-refractivity contribution in [2.45, 2.75) is 33.2 Å². The van der Waals surface area contributed by atoms with E-state index in [1.807, 2.05) is 21.7 Å². The maximum atomic E-state index is 13.0. The fraction of sp³-hybridized carbons (Fsp3) is 0.333. The van der Waals surface area contributed by atoms with Gasteiger partial charge in [-0.15, -0.1) is 0 Å². The minimum Gasteiger partial charge on any atom is -0.481 e. The van der Waals surface area contributed by atoms with Gasteiger partial charge in [0.2, 0.25) is 11.8 Å². The maximum Gasteiger partial charge on any atom is 0.244 e. The number of carbonyl (C=O) groups excluding carboxylic acids is 1. The molecule has 0 aliphatic carbocycles. The Bertz CT molecular complexity index is 1120. The molecule has 0 N–H and O–H groups in total. The van der Waals surface area contributed by atoms with Crippen molar-refractivity contribution in [3.8, 4) is 17.1 Å². The Hall–Kier alpha value is -3.48. The summed E-state index contributed by atoms with van der Waals surface area (Å²) in [6.45, 7) is 5.63. The molecule has 0 unspecified atom stereocenters. The molecular formula is C24H27N5O2. The van der Waals surface area contributed by atoms with Crippen LogP contribution in [-0.4, -0.2) is 50.8 Å². The summed E-state index contributed by atoms with van der Waals surface area (Å²) in [4.78, 5) is 23.2. The first-order chi connectivity index (χ1) is 15.1. The quantitative estimate of drug-likeness (QED) is 0.613. The lowest BCUT2D eigenvalue weighted by atomic mass is 10.0. The van der Waals surface area contributed by atoms with E-state index in [4.69, 9.17) is 9.84 Å². The number of benzene rings is 1. The monoisotopic (exact) mass is 417 g/mol. The highest BCUT2D eigenvalue weighted by Crippen LogP contribution is 2.24. The van der Waals surface area contributed by atoms with Crippen molar-refractivity contribution in [2.75, 3.05) is 20.2 Å². The predicted octanol–water partition coefficient (Wildman–Crippen LogP) is 3.54. The predicted molar refractivity (Wildman–Crippen MR) is 120 cm³/mol. The number of ether oxygens (including phenoxy) is 1. The number of aryl methyl sites for hydroxylation is 2. The second kappa shape index (κ2) is 9.12. The molecule has 0 bridgehead atoms. The fourth-order valence-corrected chi connectivity index (χ4v) is 3.81. The molecule has 7 heteroatoms. The summed E-state index contributed by atoms with van der Waals surface area (Å²) >= 11 is 0. The van der Waals surface area contributed by atoms with Crippen LogP contribution in [0, 0.1) is 6.92 Å². The number of carbonyl (C=O) groups is 1. The first kappa shape index (κ1) is 20.8. The van der Waals surface area contributed by atoms with Gasteiger partial charge >= 0.3 is 0 Å². The second-order valence-corrected chi connectivity index (χ2v) is 7.67. The highest BCUT2D eigenvalue weighted by atomic mass is 16.5. The highest BCUT2D eigenvalue weighted by molar-refractivity contribution is 5.78. The number of aromatic nitrogens is 4. The van der Waals surface area contributed by atoms with Crippen molar-refractivity contribution in [2.24, 2.45) is 0 Å². The number of hydrogen-bond donors (Lipinski definition) is 0. The van der Waals surface area contributed by atoms with Crippen LogP contribution in [0.5, 0.6) is 5.88 Å². The van der Waals surface area contributed by atoms with Gasteiger partial charge in [-0.2, -0.15) is 5.10 Å². The standard InChI is InChI=1S/C24H27N5O2/c1-4-20-13-22(19-7-5-6-17(2)12-19)27-29(20)15-24(30)28-10-8-18(9-11-28)21-14-23(31-3)26-16-25-21/h5-8,12-14,16H,4,9-11,15H2,1-3H3. The number of rotatable bonds is 6. The van der Waals surface area contributed by atoms with E-state index in [9.17, 15) is 4.79 Å². The lowest BCUT2D eigenvalue weighted by molar-refractivity contribution is -0.131. The van der Waals surface area contributed by atoms with Crippen LogP contribution in [0.4, 0.5) is 0 Å². The summed E-state index contributed by atoms with van der Waals surface area (Å²) in [5.74, 6) is 0.615. The van der Waals surface area contributed by atoms with Crippen molar-refractivity contribution >= 4 is 11.5 Å².